The first-order valence-electron chi connectivity index (χ1n) is 5.93. The number of nitrogens with two attached hydrogens (primary N) is 1. The summed E-state index contributed by atoms with van der Waals surface area (Å²) in [7, 11) is 1.90. The van der Waals surface area contributed by atoms with Crippen LogP contribution in [0.25, 0.3) is 0 Å². The van der Waals surface area contributed by atoms with E-state index in [0.29, 0.717) is 0 Å². The van der Waals surface area contributed by atoms with Crippen LogP contribution in [0.5, 0.6) is 0 Å². The molecule has 1 aliphatic rings. The van der Waals surface area contributed by atoms with Crippen molar-refractivity contribution in [2.45, 2.75) is 58.0 Å². The summed E-state index contributed by atoms with van der Waals surface area (Å²) in [6, 6.07) is 0.0765. The van der Waals surface area contributed by atoms with Gasteiger partial charge in [-0.15, -0.1) is 0 Å². The molecule has 2 N–H and O–H groups in total. The fourth-order valence-electron chi connectivity index (χ4n) is 2.08. The van der Waals surface area contributed by atoms with Crippen LogP contribution in [0, 0.1) is 5.92 Å². The third-order valence-corrected chi connectivity index (χ3v) is 3.99. The zero-order valence-corrected chi connectivity index (χ0v) is 10.4. The minimum absolute atomic E-state index is 0.0562. The number of carbonyl (C=O) groups excluding carboxylic acids is 1. The van der Waals surface area contributed by atoms with E-state index in [-0.39, 0.29) is 23.4 Å². The number of amides is 1. The van der Waals surface area contributed by atoms with Gasteiger partial charge in [-0.25, -0.2) is 0 Å². The lowest BCUT2D eigenvalue weighted by molar-refractivity contribution is -0.139. The van der Waals surface area contributed by atoms with Gasteiger partial charge >= 0.3 is 0 Å². The SMILES string of the molecule is CCC(C)(C)N(C)C(=O)C1CCCC1N. The summed E-state index contributed by atoms with van der Waals surface area (Å²) < 4.78 is 0. The van der Waals surface area contributed by atoms with Crippen molar-refractivity contribution in [3.8, 4) is 0 Å². The van der Waals surface area contributed by atoms with E-state index in [1.165, 1.54) is 0 Å². The van der Waals surface area contributed by atoms with E-state index in [9.17, 15) is 4.79 Å². The standard InChI is InChI=1S/C12H24N2O/c1-5-12(2,3)14(4)11(15)9-7-6-8-10(9)13/h9-10H,5-8,13H2,1-4H3. The van der Waals surface area contributed by atoms with Gasteiger partial charge in [0.25, 0.3) is 0 Å². The highest BCUT2D eigenvalue weighted by molar-refractivity contribution is 5.80. The zero-order chi connectivity index (χ0) is 11.6. The first-order chi connectivity index (χ1) is 6.90. The molecule has 1 saturated carbocycles. The molecule has 0 heterocycles. The summed E-state index contributed by atoms with van der Waals surface area (Å²) in [5, 5.41) is 0. The average Bonchev–Trinajstić information content (AvgIpc) is 2.62. The Morgan fingerprint density at radius 3 is 2.47 bits per heavy atom. The Kier molecular flexibility index (Phi) is 3.77. The van der Waals surface area contributed by atoms with Crippen molar-refractivity contribution in [1.82, 2.24) is 4.90 Å². The third-order valence-electron chi connectivity index (χ3n) is 3.99. The Morgan fingerprint density at radius 1 is 1.47 bits per heavy atom. The summed E-state index contributed by atoms with van der Waals surface area (Å²) in [6.07, 6.45) is 4.02. The van der Waals surface area contributed by atoms with Crippen LogP contribution in [-0.4, -0.2) is 29.4 Å². The molecule has 0 saturated heterocycles. The molecule has 1 aliphatic carbocycles. The van der Waals surface area contributed by atoms with Gasteiger partial charge in [-0.2, -0.15) is 0 Å². The summed E-state index contributed by atoms with van der Waals surface area (Å²) in [4.78, 5) is 14.1. The minimum atomic E-state index is -0.0562. The molecule has 1 fully saturated rings. The molecular weight excluding hydrogens is 188 g/mol. The lowest BCUT2D eigenvalue weighted by Crippen LogP contribution is -2.49. The van der Waals surface area contributed by atoms with Gasteiger partial charge in [-0.3, -0.25) is 4.79 Å². The summed E-state index contributed by atoms with van der Waals surface area (Å²) >= 11 is 0. The predicted molar refractivity (Wildman–Crippen MR) is 62.5 cm³/mol. The molecule has 0 spiro atoms. The fraction of sp³-hybridized carbons (Fsp3) is 0.917. The van der Waals surface area contributed by atoms with Crippen molar-refractivity contribution in [2.24, 2.45) is 11.7 Å². The molecule has 0 aromatic carbocycles. The molecule has 0 aromatic rings. The first kappa shape index (κ1) is 12.5. The van der Waals surface area contributed by atoms with E-state index < -0.39 is 0 Å². The van der Waals surface area contributed by atoms with E-state index >= 15 is 0 Å². The molecule has 1 amide bonds. The normalized spacial score (nSPS) is 26.7. The van der Waals surface area contributed by atoms with Gasteiger partial charge in [0.1, 0.15) is 0 Å². The number of rotatable bonds is 3. The number of nitrogens with zero attached hydrogens (tertiary/aromatic N) is 1. The second-order valence-electron chi connectivity index (χ2n) is 5.26. The van der Waals surface area contributed by atoms with Crippen LogP contribution >= 0.6 is 0 Å². The molecule has 3 heteroatoms. The largest absolute Gasteiger partial charge is 0.340 e. The average molecular weight is 212 g/mol. The van der Waals surface area contributed by atoms with E-state index in [1.807, 2.05) is 11.9 Å². The van der Waals surface area contributed by atoms with Crippen LogP contribution in [0.15, 0.2) is 0 Å². The second kappa shape index (κ2) is 4.52. The fourth-order valence-corrected chi connectivity index (χ4v) is 2.08. The van der Waals surface area contributed by atoms with Gasteiger partial charge in [0.2, 0.25) is 5.91 Å². The summed E-state index contributed by atoms with van der Waals surface area (Å²) in [5.74, 6) is 0.285. The van der Waals surface area contributed by atoms with E-state index in [0.717, 1.165) is 25.7 Å². The maximum atomic E-state index is 12.2. The van der Waals surface area contributed by atoms with E-state index in [1.54, 1.807) is 0 Å². The van der Waals surface area contributed by atoms with Crippen molar-refractivity contribution in [1.29, 1.82) is 0 Å². The van der Waals surface area contributed by atoms with Crippen LogP contribution in [0.3, 0.4) is 0 Å². The Morgan fingerprint density at radius 2 is 2.07 bits per heavy atom. The quantitative estimate of drug-likeness (QED) is 0.775. The molecule has 3 nitrogen and oxygen atoms in total. The van der Waals surface area contributed by atoms with Crippen molar-refractivity contribution < 1.29 is 4.79 Å². The molecule has 0 radical (unpaired) electrons. The van der Waals surface area contributed by atoms with Crippen LogP contribution in [0.2, 0.25) is 0 Å². The number of hydrogen-bond acceptors (Lipinski definition) is 2. The topological polar surface area (TPSA) is 46.3 Å². The molecule has 88 valence electrons. The molecule has 2 atom stereocenters. The summed E-state index contributed by atoms with van der Waals surface area (Å²) in [6.45, 7) is 6.31. The van der Waals surface area contributed by atoms with Gasteiger partial charge in [-0.05, 0) is 33.1 Å². The molecular formula is C12H24N2O. The minimum Gasteiger partial charge on any atom is -0.340 e. The van der Waals surface area contributed by atoms with Crippen LogP contribution < -0.4 is 5.73 Å². The van der Waals surface area contributed by atoms with Gasteiger partial charge in [0, 0.05) is 18.6 Å². The maximum absolute atomic E-state index is 12.2. The number of hydrogen-bond donors (Lipinski definition) is 1. The Hall–Kier alpha value is -0.570. The lowest BCUT2D eigenvalue weighted by atomic mass is 9.95. The third kappa shape index (κ3) is 2.51. The van der Waals surface area contributed by atoms with Gasteiger partial charge in [0.05, 0.1) is 5.92 Å². The summed E-state index contributed by atoms with van der Waals surface area (Å²) in [5.41, 5.74) is 5.90. The highest BCUT2D eigenvalue weighted by Crippen LogP contribution is 2.28. The second-order valence-corrected chi connectivity index (χ2v) is 5.26. The monoisotopic (exact) mass is 212 g/mol. The lowest BCUT2D eigenvalue weighted by Gasteiger charge is -2.37. The molecule has 15 heavy (non-hydrogen) atoms. The molecule has 0 bridgehead atoms. The van der Waals surface area contributed by atoms with Crippen molar-refractivity contribution >= 4 is 5.91 Å². The Labute approximate surface area is 93.0 Å². The highest BCUT2D eigenvalue weighted by Gasteiger charge is 2.36. The van der Waals surface area contributed by atoms with Gasteiger partial charge in [0.15, 0.2) is 0 Å². The van der Waals surface area contributed by atoms with Gasteiger partial charge in [-0.1, -0.05) is 13.3 Å². The number of carbonyl (C=O) groups is 1. The highest BCUT2D eigenvalue weighted by atomic mass is 16.2. The molecule has 1 rings (SSSR count). The van der Waals surface area contributed by atoms with Gasteiger partial charge < -0.3 is 10.6 Å². The van der Waals surface area contributed by atoms with E-state index in [4.69, 9.17) is 5.73 Å². The molecule has 0 aromatic heterocycles. The van der Waals surface area contributed by atoms with Crippen LogP contribution in [-0.2, 0) is 4.79 Å². The smallest absolute Gasteiger partial charge is 0.227 e. The molecule has 2 unspecified atom stereocenters. The van der Waals surface area contributed by atoms with Crippen molar-refractivity contribution in [2.75, 3.05) is 7.05 Å². The first-order valence-corrected chi connectivity index (χ1v) is 5.93. The Balaban J connectivity index is 2.67. The predicted octanol–water partition coefficient (Wildman–Crippen LogP) is 1.76. The van der Waals surface area contributed by atoms with Crippen molar-refractivity contribution in [3.63, 3.8) is 0 Å². The maximum Gasteiger partial charge on any atom is 0.227 e. The van der Waals surface area contributed by atoms with Crippen LogP contribution in [0.1, 0.15) is 46.5 Å². The zero-order valence-electron chi connectivity index (χ0n) is 10.4. The van der Waals surface area contributed by atoms with Crippen molar-refractivity contribution in [3.05, 3.63) is 0 Å². The molecule has 0 aliphatic heterocycles. The Bertz CT molecular complexity index is 238. The van der Waals surface area contributed by atoms with E-state index in [2.05, 4.69) is 20.8 Å². The van der Waals surface area contributed by atoms with Crippen LogP contribution in [0.4, 0.5) is 0 Å².